The number of nitrogens with zero attached hydrogens (tertiary/aromatic N) is 1. The van der Waals surface area contributed by atoms with Gasteiger partial charge in [0.25, 0.3) is 0 Å². The van der Waals surface area contributed by atoms with Crippen LogP contribution in [-0.2, 0) is 15.8 Å². The number of aliphatic hydroxyl groups excluding tert-OH is 1. The molecule has 3 saturated heterocycles. The summed E-state index contributed by atoms with van der Waals surface area (Å²) in [7, 11) is 0. The van der Waals surface area contributed by atoms with Crippen molar-refractivity contribution in [1.29, 1.82) is 0 Å². The van der Waals surface area contributed by atoms with Crippen LogP contribution in [0.25, 0.3) is 0 Å². The van der Waals surface area contributed by atoms with E-state index in [9.17, 15) is 5.11 Å². The Morgan fingerprint density at radius 3 is 2.14 bits per heavy atom. The summed E-state index contributed by atoms with van der Waals surface area (Å²) in [6.45, 7) is 1.73. The second-order valence-electron chi connectivity index (χ2n) is 6.45. The molecule has 4 unspecified atom stereocenters. The van der Waals surface area contributed by atoms with E-state index in [1.807, 2.05) is 24.3 Å². The van der Waals surface area contributed by atoms with Crippen LogP contribution in [0.2, 0.25) is 0 Å². The summed E-state index contributed by atoms with van der Waals surface area (Å²) in [5.41, 5.74) is 1.81. The zero-order chi connectivity index (χ0) is 14.8. The predicted octanol–water partition coefficient (Wildman–Crippen LogP) is 1.37. The molecule has 5 rings (SSSR count). The van der Waals surface area contributed by atoms with Crippen LogP contribution in [0, 0.1) is 0 Å². The lowest BCUT2D eigenvalue weighted by molar-refractivity contribution is -0.134. The topological polar surface area (TPSA) is 54.4 Å². The van der Waals surface area contributed by atoms with Gasteiger partial charge in [0.2, 0.25) is 0 Å². The maximum Gasteiger partial charge on any atom is 0.180 e. The Labute approximate surface area is 129 Å². The van der Waals surface area contributed by atoms with Gasteiger partial charge >= 0.3 is 0 Å². The van der Waals surface area contributed by atoms with Gasteiger partial charge in [-0.15, -0.1) is 0 Å². The van der Waals surface area contributed by atoms with Crippen LogP contribution in [0.5, 0.6) is 0 Å². The number of fused-ring (bicyclic) bond motifs is 1. The molecule has 5 atom stereocenters. The third-order valence-electron chi connectivity index (χ3n) is 5.31. The molecule has 2 aromatic carbocycles. The molecule has 0 aliphatic carbocycles. The van der Waals surface area contributed by atoms with Gasteiger partial charge < -0.3 is 15.2 Å². The van der Waals surface area contributed by atoms with Gasteiger partial charge in [-0.1, -0.05) is 60.7 Å². The summed E-state index contributed by atoms with van der Waals surface area (Å²) < 4.78 is 5.98. The SMILES string of the molecule is OC1OC([C@]2(c3ccccc3)CN2)N2CC12c1ccccc1. The van der Waals surface area contributed by atoms with E-state index >= 15 is 0 Å². The minimum atomic E-state index is -0.775. The Balaban J connectivity index is 1.51. The maximum absolute atomic E-state index is 10.6. The van der Waals surface area contributed by atoms with Gasteiger partial charge in [-0.25, -0.2) is 0 Å². The molecule has 2 aromatic rings. The quantitative estimate of drug-likeness (QED) is 0.840. The van der Waals surface area contributed by atoms with Crippen molar-refractivity contribution >= 4 is 0 Å². The highest BCUT2D eigenvalue weighted by Gasteiger charge is 2.73. The zero-order valence-electron chi connectivity index (χ0n) is 12.1. The molecule has 0 bridgehead atoms. The number of rotatable bonds is 3. The third-order valence-corrected chi connectivity index (χ3v) is 5.31. The van der Waals surface area contributed by atoms with Crippen molar-refractivity contribution in [2.24, 2.45) is 0 Å². The number of ether oxygens (including phenoxy) is 1. The summed E-state index contributed by atoms with van der Waals surface area (Å²) in [6, 6.07) is 20.6. The van der Waals surface area contributed by atoms with E-state index in [-0.39, 0.29) is 17.3 Å². The fourth-order valence-electron chi connectivity index (χ4n) is 3.91. The van der Waals surface area contributed by atoms with Crippen molar-refractivity contribution in [3.8, 4) is 0 Å². The average molecular weight is 294 g/mol. The van der Waals surface area contributed by atoms with E-state index in [0.717, 1.165) is 18.7 Å². The van der Waals surface area contributed by atoms with Crippen LogP contribution < -0.4 is 5.32 Å². The first-order valence-corrected chi connectivity index (χ1v) is 7.74. The molecule has 0 saturated carbocycles. The summed E-state index contributed by atoms with van der Waals surface area (Å²) in [5, 5.41) is 14.0. The number of hydrogen-bond acceptors (Lipinski definition) is 4. The first-order chi connectivity index (χ1) is 10.8. The molecule has 0 amide bonds. The average Bonchev–Trinajstić information content (AvgIpc) is 3.49. The lowest BCUT2D eigenvalue weighted by atomic mass is 9.97. The van der Waals surface area contributed by atoms with E-state index in [1.165, 1.54) is 5.56 Å². The molecule has 2 N–H and O–H groups in total. The number of benzene rings is 2. The highest BCUT2D eigenvalue weighted by molar-refractivity contribution is 5.40. The summed E-state index contributed by atoms with van der Waals surface area (Å²) in [4.78, 5) is 2.28. The first kappa shape index (κ1) is 12.8. The van der Waals surface area contributed by atoms with Crippen molar-refractivity contribution < 1.29 is 9.84 Å². The maximum atomic E-state index is 10.6. The summed E-state index contributed by atoms with van der Waals surface area (Å²) >= 11 is 0. The van der Waals surface area contributed by atoms with Crippen LogP contribution in [0.15, 0.2) is 60.7 Å². The van der Waals surface area contributed by atoms with Gasteiger partial charge in [0.15, 0.2) is 6.29 Å². The van der Waals surface area contributed by atoms with Gasteiger partial charge in [0.05, 0.1) is 5.54 Å². The van der Waals surface area contributed by atoms with Crippen molar-refractivity contribution in [2.75, 3.05) is 13.1 Å². The Hall–Kier alpha value is -1.72. The van der Waals surface area contributed by atoms with E-state index in [0.29, 0.717) is 0 Å². The second-order valence-corrected chi connectivity index (χ2v) is 6.45. The van der Waals surface area contributed by atoms with E-state index in [1.54, 1.807) is 0 Å². The lowest BCUT2D eigenvalue weighted by Gasteiger charge is -2.24. The summed E-state index contributed by atoms with van der Waals surface area (Å²) in [6.07, 6.45) is -0.895. The van der Waals surface area contributed by atoms with Crippen LogP contribution in [0.1, 0.15) is 11.1 Å². The van der Waals surface area contributed by atoms with Crippen molar-refractivity contribution in [3.63, 3.8) is 0 Å². The fraction of sp³-hybridized carbons (Fsp3) is 0.333. The van der Waals surface area contributed by atoms with Crippen LogP contribution in [0.4, 0.5) is 0 Å². The second kappa shape index (κ2) is 4.18. The molecule has 4 nitrogen and oxygen atoms in total. The monoisotopic (exact) mass is 294 g/mol. The third kappa shape index (κ3) is 1.50. The molecule has 3 fully saturated rings. The molecule has 0 radical (unpaired) electrons. The van der Waals surface area contributed by atoms with Crippen molar-refractivity contribution in [1.82, 2.24) is 10.2 Å². The highest BCUT2D eigenvalue weighted by Crippen LogP contribution is 2.58. The van der Waals surface area contributed by atoms with Crippen molar-refractivity contribution in [3.05, 3.63) is 71.8 Å². The highest BCUT2D eigenvalue weighted by atomic mass is 16.6. The Morgan fingerprint density at radius 2 is 1.59 bits per heavy atom. The molecule has 3 heterocycles. The molecule has 0 spiro atoms. The van der Waals surface area contributed by atoms with Crippen LogP contribution >= 0.6 is 0 Å². The molecular formula is C18H18N2O2. The lowest BCUT2D eigenvalue weighted by Crippen LogP contribution is -2.37. The van der Waals surface area contributed by atoms with Gasteiger partial charge in [-0.05, 0) is 11.1 Å². The van der Waals surface area contributed by atoms with Crippen molar-refractivity contribution in [2.45, 2.75) is 23.6 Å². The first-order valence-electron chi connectivity index (χ1n) is 7.74. The van der Waals surface area contributed by atoms with Crippen LogP contribution in [-0.4, -0.2) is 35.6 Å². The van der Waals surface area contributed by atoms with Gasteiger partial charge in [0, 0.05) is 13.1 Å². The standard InChI is InChI=1S/C18H18N2O2/c21-16-18(14-9-5-2-6-10-14)12-20(18)15(22-16)17(11-19-17)13-7-3-1-4-8-13/h1-10,15-16,19,21H,11-12H2/t15?,16?,17-,18?,20?/m1/s1. The van der Waals surface area contributed by atoms with Gasteiger partial charge in [0.1, 0.15) is 11.8 Å². The predicted molar refractivity (Wildman–Crippen MR) is 81.8 cm³/mol. The van der Waals surface area contributed by atoms with Gasteiger partial charge in [-0.2, -0.15) is 0 Å². The Morgan fingerprint density at radius 1 is 1.00 bits per heavy atom. The molecule has 22 heavy (non-hydrogen) atoms. The molecule has 3 aliphatic heterocycles. The summed E-state index contributed by atoms with van der Waals surface area (Å²) in [5.74, 6) is 0. The van der Waals surface area contributed by atoms with E-state index in [4.69, 9.17) is 4.74 Å². The van der Waals surface area contributed by atoms with Crippen LogP contribution in [0.3, 0.4) is 0 Å². The van der Waals surface area contributed by atoms with E-state index in [2.05, 4.69) is 46.6 Å². The number of hydrogen-bond donors (Lipinski definition) is 2. The molecule has 4 heteroatoms. The minimum absolute atomic E-state index is 0.120. The number of aliphatic hydroxyl groups is 1. The normalized spacial score (nSPS) is 42.0. The Bertz CT molecular complexity index is 702. The van der Waals surface area contributed by atoms with Gasteiger partial charge in [-0.3, -0.25) is 4.90 Å². The fourth-order valence-corrected chi connectivity index (χ4v) is 3.91. The largest absolute Gasteiger partial charge is 0.366 e. The minimum Gasteiger partial charge on any atom is -0.366 e. The zero-order valence-corrected chi connectivity index (χ0v) is 12.1. The number of nitrogens with one attached hydrogen (secondary N) is 1. The smallest absolute Gasteiger partial charge is 0.180 e. The molecule has 112 valence electrons. The molecular weight excluding hydrogens is 276 g/mol. The molecule has 0 aromatic heterocycles. The Kier molecular flexibility index (Phi) is 2.43. The van der Waals surface area contributed by atoms with E-state index < -0.39 is 6.29 Å². The molecule has 3 aliphatic rings.